The zero-order valence-electron chi connectivity index (χ0n) is 12.0. The number of hydrogen-bond donors (Lipinski definition) is 1. The number of rotatable bonds is 3. The van der Waals surface area contributed by atoms with Crippen LogP contribution in [0.2, 0.25) is 0 Å². The highest BCUT2D eigenvalue weighted by Gasteiger charge is 2.47. The Morgan fingerprint density at radius 1 is 1.05 bits per heavy atom. The number of hydrogen-bond acceptors (Lipinski definition) is 3. The zero-order valence-corrected chi connectivity index (χ0v) is 12.0. The van der Waals surface area contributed by atoms with E-state index in [1.165, 1.54) is 32.1 Å². The monoisotopic (exact) mass is 260 g/mol. The minimum atomic E-state index is 0.723. The molecule has 4 saturated carbocycles. The second-order valence-corrected chi connectivity index (χ2v) is 7.09. The summed E-state index contributed by atoms with van der Waals surface area (Å²) < 4.78 is 5.68. The SMILES string of the molecule is Cc1nc(CNC2C3CC4CC(C3)CC2C4)oc1C. The molecule has 19 heavy (non-hydrogen) atoms. The van der Waals surface area contributed by atoms with Crippen molar-refractivity contribution < 1.29 is 4.42 Å². The fourth-order valence-electron chi connectivity index (χ4n) is 5.08. The lowest BCUT2D eigenvalue weighted by Crippen LogP contribution is -2.54. The van der Waals surface area contributed by atoms with Crippen molar-refractivity contribution in [1.82, 2.24) is 10.3 Å². The Hall–Kier alpha value is -0.830. The summed E-state index contributed by atoms with van der Waals surface area (Å²) in [4.78, 5) is 4.48. The summed E-state index contributed by atoms with van der Waals surface area (Å²) in [6.07, 6.45) is 7.39. The van der Waals surface area contributed by atoms with Crippen LogP contribution in [0, 0.1) is 37.5 Å². The Morgan fingerprint density at radius 3 is 2.21 bits per heavy atom. The van der Waals surface area contributed by atoms with Gasteiger partial charge in [-0.1, -0.05) is 0 Å². The quantitative estimate of drug-likeness (QED) is 0.907. The van der Waals surface area contributed by atoms with Crippen molar-refractivity contribution in [3.8, 4) is 0 Å². The Balaban J connectivity index is 1.43. The number of nitrogens with zero attached hydrogens (tertiary/aromatic N) is 1. The van der Waals surface area contributed by atoms with Gasteiger partial charge in [0.05, 0.1) is 12.2 Å². The molecule has 0 radical (unpaired) electrons. The number of aryl methyl sites for hydroxylation is 2. The molecule has 0 unspecified atom stereocenters. The normalized spacial score (nSPS) is 40.0. The Bertz CT molecular complexity index is 432. The lowest BCUT2D eigenvalue weighted by Gasteiger charge is -2.54. The van der Waals surface area contributed by atoms with E-state index in [1.54, 1.807) is 0 Å². The Labute approximate surface area is 115 Å². The lowest BCUT2D eigenvalue weighted by molar-refractivity contribution is -0.0149. The van der Waals surface area contributed by atoms with Crippen molar-refractivity contribution in [2.45, 2.75) is 58.5 Å². The molecule has 3 heteroatoms. The fourth-order valence-corrected chi connectivity index (χ4v) is 5.08. The summed E-state index contributed by atoms with van der Waals surface area (Å²) in [7, 11) is 0. The summed E-state index contributed by atoms with van der Waals surface area (Å²) >= 11 is 0. The minimum Gasteiger partial charge on any atom is -0.444 e. The summed E-state index contributed by atoms with van der Waals surface area (Å²) in [6, 6.07) is 0.723. The van der Waals surface area contributed by atoms with Gasteiger partial charge < -0.3 is 9.73 Å². The number of oxazole rings is 1. The maximum Gasteiger partial charge on any atom is 0.208 e. The van der Waals surface area contributed by atoms with Crippen molar-refractivity contribution in [3.05, 3.63) is 17.3 Å². The average molecular weight is 260 g/mol. The zero-order chi connectivity index (χ0) is 13.0. The van der Waals surface area contributed by atoms with Crippen LogP contribution < -0.4 is 5.32 Å². The Morgan fingerprint density at radius 2 is 1.68 bits per heavy atom. The van der Waals surface area contributed by atoms with Crippen molar-refractivity contribution >= 4 is 0 Å². The summed E-state index contributed by atoms with van der Waals surface area (Å²) in [6.45, 7) is 4.82. The first kappa shape index (κ1) is 12.0. The third kappa shape index (κ3) is 2.03. The molecule has 1 aromatic heterocycles. The predicted molar refractivity (Wildman–Crippen MR) is 73.6 cm³/mol. The first-order valence-electron chi connectivity index (χ1n) is 7.85. The molecule has 3 nitrogen and oxygen atoms in total. The van der Waals surface area contributed by atoms with E-state index in [-0.39, 0.29) is 0 Å². The molecule has 0 amide bonds. The molecular weight excluding hydrogens is 236 g/mol. The van der Waals surface area contributed by atoms with Crippen LogP contribution in [-0.4, -0.2) is 11.0 Å². The second kappa shape index (κ2) is 4.34. The van der Waals surface area contributed by atoms with E-state index >= 15 is 0 Å². The third-order valence-electron chi connectivity index (χ3n) is 5.79. The van der Waals surface area contributed by atoms with Crippen LogP contribution >= 0.6 is 0 Å². The molecule has 4 bridgehead atoms. The molecule has 0 spiro atoms. The smallest absolute Gasteiger partial charge is 0.208 e. The maximum absolute atomic E-state index is 5.68. The molecule has 0 aromatic carbocycles. The summed E-state index contributed by atoms with van der Waals surface area (Å²) in [5.74, 6) is 5.77. The highest BCUT2D eigenvalue weighted by Crippen LogP contribution is 2.53. The van der Waals surface area contributed by atoms with E-state index in [1.807, 2.05) is 13.8 Å². The molecule has 0 saturated heterocycles. The maximum atomic E-state index is 5.68. The van der Waals surface area contributed by atoms with Crippen LogP contribution in [0.1, 0.15) is 49.4 Å². The average Bonchev–Trinajstić information content (AvgIpc) is 2.67. The summed E-state index contributed by atoms with van der Waals surface area (Å²) in [5.41, 5.74) is 1.03. The van der Waals surface area contributed by atoms with Crippen LogP contribution in [0.4, 0.5) is 0 Å². The van der Waals surface area contributed by atoms with Gasteiger partial charge in [-0.3, -0.25) is 0 Å². The van der Waals surface area contributed by atoms with E-state index in [9.17, 15) is 0 Å². The van der Waals surface area contributed by atoms with Gasteiger partial charge in [0.15, 0.2) is 0 Å². The van der Waals surface area contributed by atoms with Gasteiger partial charge in [-0.05, 0) is 69.6 Å². The minimum absolute atomic E-state index is 0.723. The molecule has 1 heterocycles. The van der Waals surface area contributed by atoms with Gasteiger partial charge in [0.2, 0.25) is 5.89 Å². The van der Waals surface area contributed by atoms with Gasteiger partial charge in [0, 0.05) is 6.04 Å². The van der Waals surface area contributed by atoms with Crippen molar-refractivity contribution in [2.24, 2.45) is 23.7 Å². The van der Waals surface area contributed by atoms with Gasteiger partial charge >= 0.3 is 0 Å². The molecule has 1 aromatic rings. The second-order valence-electron chi connectivity index (χ2n) is 7.09. The third-order valence-corrected chi connectivity index (χ3v) is 5.79. The first-order chi connectivity index (χ1) is 9.19. The molecule has 5 rings (SSSR count). The summed E-state index contributed by atoms with van der Waals surface area (Å²) in [5, 5.41) is 3.77. The standard InChI is InChI=1S/C16H24N2O/c1-9-10(2)19-15(18-9)8-17-16-13-4-11-3-12(6-13)7-14(16)5-11/h11-14,16-17H,3-8H2,1-2H3. The topological polar surface area (TPSA) is 38.1 Å². The van der Waals surface area contributed by atoms with E-state index in [0.29, 0.717) is 0 Å². The van der Waals surface area contributed by atoms with Gasteiger partial charge in [0.25, 0.3) is 0 Å². The Kier molecular flexibility index (Phi) is 2.73. The van der Waals surface area contributed by atoms with Gasteiger partial charge in [-0.25, -0.2) is 4.98 Å². The van der Waals surface area contributed by atoms with Crippen LogP contribution in [0.3, 0.4) is 0 Å². The van der Waals surface area contributed by atoms with Crippen LogP contribution in [-0.2, 0) is 6.54 Å². The molecule has 1 N–H and O–H groups in total. The molecule has 0 aliphatic heterocycles. The van der Waals surface area contributed by atoms with Crippen molar-refractivity contribution in [1.29, 1.82) is 0 Å². The number of aromatic nitrogens is 1. The molecule has 4 fully saturated rings. The van der Waals surface area contributed by atoms with Gasteiger partial charge in [-0.15, -0.1) is 0 Å². The molecule has 0 atom stereocenters. The molecular formula is C16H24N2O. The number of nitrogens with one attached hydrogen (secondary N) is 1. The van der Waals surface area contributed by atoms with Crippen LogP contribution in [0.15, 0.2) is 4.42 Å². The van der Waals surface area contributed by atoms with E-state index in [0.717, 1.165) is 53.6 Å². The van der Waals surface area contributed by atoms with Crippen LogP contribution in [0.5, 0.6) is 0 Å². The van der Waals surface area contributed by atoms with Crippen molar-refractivity contribution in [2.75, 3.05) is 0 Å². The van der Waals surface area contributed by atoms with Gasteiger partial charge in [0.1, 0.15) is 5.76 Å². The molecule has 4 aliphatic rings. The fraction of sp³-hybridized carbons (Fsp3) is 0.812. The first-order valence-corrected chi connectivity index (χ1v) is 7.85. The largest absolute Gasteiger partial charge is 0.444 e. The predicted octanol–water partition coefficient (Wildman–Crippen LogP) is 3.21. The van der Waals surface area contributed by atoms with Crippen LogP contribution in [0.25, 0.3) is 0 Å². The highest BCUT2D eigenvalue weighted by molar-refractivity contribution is 5.06. The highest BCUT2D eigenvalue weighted by atomic mass is 16.4. The van der Waals surface area contributed by atoms with Gasteiger partial charge in [-0.2, -0.15) is 0 Å². The lowest BCUT2D eigenvalue weighted by atomic mass is 9.54. The molecule has 4 aliphatic carbocycles. The van der Waals surface area contributed by atoms with E-state index < -0.39 is 0 Å². The van der Waals surface area contributed by atoms with E-state index in [2.05, 4.69) is 10.3 Å². The van der Waals surface area contributed by atoms with Crippen molar-refractivity contribution in [3.63, 3.8) is 0 Å². The molecule has 104 valence electrons. The van der Waals surface area contributed by atoms with E-state index in [4.69, 9.17) is 4.42 Å².